The quantitative estimate of drug-likeness (QED) is 0.554. The highest BCUT2D eigenvalue weighted by atomic mass is 32.1. The molecule has 1 aromatic carbocycles. The molecule has 2 aliphatic heterocycles. The maximum atomic E-state index is 12.9. The fourth-order valence-corrected chi connectivity index (χ4v) is 5.46. The maximum Gasteiger partial charge on any atom is 0.263 e. The van der Waals surface area contributed by atoms with Crippen molar-refractivity contribution in [1.82, 2.24) is 10.3 Å². The van der Waals surface area contributed by atoms with E-state index in [2.05, 4.69) is 33.4 Å². The first-order valence-corrected chi connectivity index (χ1v) is 11.5. The van der Waals surface area contributed by atoms with Crippen LogP contribution in [-0.2, 0) is 11.2 Å². The Bertz CT molecular complexity index is 1180. The minimum atomic E-state index is -0.187. The number of ether oxygens (including phenoxy) is 2. The fraction of sp³-hybridized carbons (Fsp3) is 0.391. The van der Waals surface area contributed by atoms with Gasteiger partial charge in [-0.15, -0.1) is 11.3 Å². The molecule has 0 spiro atoms. The van der Waals surface area contributed by atoms with Crippen LogP contribution in [-0.4, -0.2) is 55.9 Å². The first kappa shape index (κ1) is 21.0. The Morgan fingerprint density at radius 2 is 2.16 bits per heavy atom. The third kappa shape index (κ3) is 3.76. The molecule has 1 amide bonds. The number of amides is 1. The van der Waals surface area contributed by atoms with E-state index in [0.29, 0.717) is 23.6 Å². The van der Waals surface area contributed by atoms with Crippen molar-refractivity contribution < 1.29 is 14.3 Å². The van der Waals surface area contributed by atoms with Gasteiger partial charge in [0.15, 0.2) is 0 Å². The smallest absolute Gasteiger partial charge is 0.263 e. The van der Waals surface area contributed by atoms with E-state index < -0.39 is 0 Å². The molecule has 1 saturated heterocycles. The molecule has 8 nitrogen and oxygen atoms in total. The van der Waals surface area contributed by atoms with Crippen LogP contribution in [0.2, 0.25) is 0 Å². The first-order chi connectivity index (χ1) is 15.4. The molecule has 9 heteroatoms. The molecule has 168 valence electrons. The predicted molar refractivity (Wildman–Crippen MR) is 127 cm³/mol. The molecule has 1 fully saturated rings. The van der Waals surface area contributed by atoms with E-state index in [1.807, 2.05) is 19.1 Å². The minimum Gasteiger partial charge on any atom is -0.491 e. The standard InChI is InChI=1S/C23H27N5O3S/c1-12-3-6-16-20(25)21(32-23(16)26-12)22(29)27-14-7-13-4-5-15(8-18(13)31-11-14)28-9-17(24)19(10-28)30-2/h3-6,8,14,17,19H,7,9-11,24-25H2,1-2H3,(H,27,29)/t14-,17-,19+/m1/s1. The average molecular weight is 454 g/mol. The molecular weight excluding hydrogens is 426 g/mol. The van der Waals surface area contributed by atoms with Gasteiger partial charge in [-0.25, -0.2) is 4.98 Å². The van der Waals surface area contributed by atoms with Crippen LogP contribution in [0, 0.1) is 6.92 Å². The van der Waals surface area contributed by atoms with Gasteiger partial charge in [0.1, 0.15) is 22.1 Å². The lowest BCUT2D eigenvalue weighted by Crippen LogP contribution is -2.42. The zero-order valence-electron chi connectivity index (χ0n) is 18.1. The first-order valence-electron chi connectivity index (χ1n) is 10.7. The molecule has 0 radical (unpaired) electrons. The molecule has 0 unspecified atom stereocenters. The molecule has 4 heterocycles. The van der Waals surface area contributed by atoms with Crippen LogP contribution in [0.1, 0.15) is 20.9 Å². The molecule has 2 aliphatic rings. The highest BCUT2D eigenvalue weighted by molar-refractivity contribution is 7.21. The van der Waals surface area contributed by atoms with Gasteiger partial charge in [0.25, 0.3) is 5.91 Å². The van der Waals surface area contributed by atoms with Gasteiger partial charge in [0.05, 0.1) is 23.9 Å². The van der Waals surface area contributed by atoms with Crippen LogP contribution in [0.5, 0.6) is 5.75 Å². The minimum absolute atomic E-state index is 0.00278. The van der Waals surface area contributed by atoms with Crippen LogP contribution in [0.25, 0.3) is 10.2 Å². The zero-order valence-corrected chi connectivity index (χ0v) is 18.9. The van der Waals surface area contributed by atoms with Crippen molar-refractivity contribution in [2.45, 2.75) is 31.5 Å². The number of thiophene rings is 1. The van der Waals surface area contributed by atoms with Crippen molar-refractivity contribution >= 4 is 38.8 Å². The molecule has 3 atom stereocenters. The molecule has 0 bridgehead atoms. The lowest BCUT2D eigenvalue weighted by molar-refractivity contribution is 0.0920. The van der Waals surface area contributed by atoms with E-state index in [1.165, 1.54) is 11.3 Å². The maximum absolute atomic E-state index is 12.9. The topological polar surface area (TPSA) is 116 Å². The van der Waals surface area contributed by atoms with Gasteiger partial charge in [-0.3, -0.25) is 4.79 Å². The lowest BCUT2D eigenvalue weighted by Gasteiger charge is -2.28. The molecular formula is C23H27N5O3S. The summed E-state index contributed by atoms with van der Waals surface area (Å²) in [6, 6.07) is 9.88. The van der Waals surface area contributed by atoms with Crippen LogP contribution in [0.15, 0.2) is 30.3 Å². The summed E-state index contributed by atoms with van der Waals surface area (Å²) in [6.45, 7) is 3.84. The summed E-state index contributed by atoms with van der Waals surface area (Å²) in [7, 11) is 1.70. The van der Waals surface area contributed by atoms with Crippen LogP contribution < -0.4 is 26.4 Å². The van der Waals surface area contributed by atoms with Gasteiger partial charge in [-0.05, 0) is 37.1 Å². The number of nitrogen functional groups attached to an aromatic ring is 1. The number of fused-ring (bicyclic) bond motifs is 2. The second kappa shape index (κ2) is 8.23. The van der Waals surface area contributed by atoms with Crippen molar-refractivity contribution in [1.29, 1.82) is 0 Å². The number of rotatable bonds is 4. The number of benzene rings is 1. The Balaban J connectivity index is 1.28. The van der Waals surface area contributed by atoms with Gasteiger partial charge in [0, 0.05) is 43.0 Å². The summed E-state index contributed by atoms with van der Waals surface area (Å²) in [5.41, 5.74) is 15.9. The number of nitrogens with two attached hydrogens (primary N) is 2. The summed E-state index contributed by atoms with van der Waals surface area (Å²) in [5, 5.41) is 3.90. The number of hydrogen-bond donors (Lipinski definition) is 3. The molecule has 32 heavy (non-hydrogen) atoms. The third-order valence-corrected chi connectivity index (χ3v) is 7.32. The van der Waals surface area contributed by atoms with Gasteiger partial charge in [-0.1, -0.05) is 6.07 Å². The fourth-order valence-electron chi connectivity index (χ4n) is 4.42. The lowest BCUT2D eigenvalue weighted by atomic mass is 10.0. The Hall–Kier alpha value is -2.88. The van der Waals surface area contributed by atoms with Crippen LogP contribution in [0.3, 0.4) is 0 Å². The van der Waals surface area contributed by atoms with Crippen molar-refractivity contribution in [2.75, 3.05) is 37.4 Å². The van der Waals surface area contributed by atoms with Gasteiger partial charge < -0.3 is 31.2 Å². The molecule has 0 saturated carbocycles. The number of carbonyl (C=O) groups is 1. The second-order valence-corrected chi connectivity index (χ2v) is 9.47. The van der Waals surface area contributed by atoms with Crippen molar-refractivity contribution in [3.8, 4) is 5.75 Å². The van der Waals surface area contributed by atoms with Gasteiger partial charge in [-0.2, -0.15) is 0 Å². The van der Waals surface area contributed by atoms with Crippen LogP contribution in [0.4, 0.5) is 11.4 Å². The number of methoxy groups -OCH3 is 1. The van der Waals surface area contributed by atoms with E-state index in [-0.39, 0.29) is 24.1 Å². The second-order valence-electron chi connectivity index (χ2n) is 8.47. The van der Waals surface area contributed by atoms with E-state index >= 15 is 0 Å². The Kier molecular flexibility index (Phi) is 5.40. The zero-order chi connectivity index (χ0) is 22.4. The van der Waals surface area contributed by atoms with E-state index in [0.717, 1.165) is 46.0 Å². The number of aryl methyl sites for hydroxylation is 1. The molecule has 0 aliphatic carbocycles. The third-order valence-electron chi connectivity index (χ3n) is 6.21. The van der Waals surface area contributed by atoms with Crippen molar-refractivity contribution in [2.24, 2.45) is 5.73 Å². The molecule has 2 aromatic heterocycles. The number of aromatic nitrogens is 1. The average Bonchev–Trinajstić information content (AvgIpc) is 3.32. The Labute approximate surface area is 190 Å². The van der Waals surface area contributed by atoms with E-state index in [9.17, 15) is 4.79 Å². The highest BCUT2D eigenvalue weighted by Gasteiger charge is 2.31. The largest absolute Gasteiger partial charge is 0.491 e. The summed E-state index contributed by atoms with van der Waals surface area (Å²) in [6.07, 6.45) is 0.732. The molecule has 5 rings (SSSR count). The SMILES string of the molecule is CO[C@H]1CN(c2ccc3c(c2)OC[C@H](NC(=O)c2sc4nc(C)ccc4c2N)C3)C[C@H]1N. The highest BCUT2D eigenvalue weighted by Crippen LogP contribution is 2.34. The van der Waals surface area contributed by atoms with Crippen molar-refractivity contribution in [3.05, 3.63) is 46.5 Å². The number of pyridine rings is 1. The summed E-state index contributed by atoms with van der Waals surface area (Å²) >= 11 is 1.32. The Morgan fingerprint density at radius 1 is 1.31 bits per heavy atom. The molecule has 3 aromatic rings. The van der Waals surface area contributed by atoms with E-state index in [4.69, 9.17) is 20.9 Å². The van der Waals surface area contributed by atoms with Gasteiger partial charge >= 0.3 is 0 Å². The van der Waals surface area contributed by atoms with Crippen molar-refractivity contribution in [3.63, 3.8) is 0 Å². The summed E-state index contributed by atoms with van der Waals surface area (Å²) in [4.78, 5) is 20.9. The number of nitrogens with zero attached hydrogens (tertiary/aromatic N) is 2. The predicted octanol–water partition coefficient (Wildman–Crippen LogP) is 2.08. The number of carbonyl (C=O) groups excluding carboxylic acids is 1. The van der Waals surface area contributed by atoms with Gasteiger partial charge in [0.2, 0.25) is 0 Å². The summed E-state index contributed by atoms with van der Waals surface area (Å²) < 4.78 is 11.5. The number of anilines is 2. The van der Waals surface area contributed by atoms with Crippen LogP contribution >= 0.6 is 11.3 Å². The number of hydrogen-bond acceptors (Lipinski definition) is 8. The molecule has 5 N–H and O–H groups in total. The monoisotopic (exact) mass is 453 g/mol. The number of nitrogens with one attached hydrogen (secondary N) is 1. The summed E-state index contributed by atoms with van der Waals surface area (Å²) in [5.74, 6) is 0.664. The normalized spacial score (nSPS) is 22.6. The van der Waals surface area contributed by atoms with E-state index in [1.54, 1.807) is 7.11 Å². The Morgan fingerprint density at radius 3 is 2.94 bits per heavy atom.